The third kappa shape index (κ3) is 9.87. The van der Waals surface area contributed by atoms with Gasteiger partial charge < -0.3 is 9.84 Å². The van der Waals surface area contributed by atoms with Crippen LogP contribution < -0.4 is 9.46 Å². The molecule has 0 radical (unpaired) electrons. The lowest BCUT2D eigenvalue weighted by atomic mass is 9.84. The summed E-state index contributed by atoms with van der Waals surface area (Å²) in [5, 5.41) is 10.4. The summed E-state index contributed by atoms with van der Waals surface area (Å²) < 4.78 is 37.0. The first-order valence-corrected chi connectivity index (χ1v) is 20.6. The summed E-state index contributed by atoms with van der Waals surface area (Å²) in [6.45, 7) is 13.9. The van der Waals surface area contributed by atoms with Crippen molar-refractivity contribution in [3.63, 3.8) is 0 Å². The molecule has 9 nitrogen and oxygen atoms in total. The monoisotopic (exact) mass is 734 g/mol. The highest BCUT2D eigenvalue weighted by molar-refractivity contribution is 8.08. The van der Waals surface area contributed by atoms with Gasteiger partial charge in [-0.15, -0.1) is 0 Å². The molecule has 0 fully saturated rings. The minimum Gasteiger partial charge on any atom is -0.494 e. The predicted octanol–water partition coefficient (Wildman–Crippen LogP) is 9.27. The molecule has 11 heteroatoms. The number of dihydropyridines is 1. The molecular weight excluding hydrogens is 681 g/mol. The highest BCUT2D eigenvalue weighted by Gasteiger charge is 2.38. The summed E-state index contributed by atoms with van der Waals surface area (Å²) in [7, 11) is -4.13. The molecule has 3 unspecified atom stereocenters. The Kier molecular flexibility index (Phi) is 12.5. The molecule has 2 aliphatic rings. The Bertz CT molecular complexity index is 1840. The van der Waals surface area contributed by atoms with Crippen LogP contribution in [0.2, 0.25) is 0 Å². The van der Waals surface area contributed by atoms with E-state index < -0.39 is 27.6 Å². The molecule has 0 saturated heterocycles. The Hall–Kier alpha value is -3.54. The van der Waals surface area contributed by atoms with Crippen LogP contribution >= 0.6 is 11.3 Å². The molecule has 2 aliphatic heterocycles. The molecule has 0 spiro atoms. The van der Waals surface area contributed by atoms with Crippen molar-refractivity contribution in [2.45, 2.75) is 99.1 Å². The number of rotatable bonds is 9. The molecule has 5 rings (SSSR count). The lowest BCUT2D eigenvalue weighted by Crippen LogP contribution is -2.48. The van der Waals surface area contributed by atoms with Crippen LogP contribution in [0.1, 0.15) is 92.1 Å². The lowest BCUT2D eigenvalue weighted by Gasteiger charge is -2.38. The molecule has 3 atom stereocenters. The summed E-state index contributed by atoms with van der Waals surface area (Å²) in [6.07, 6.45) is 9.77. The van der Waals surface area contributed by atoms with Gasteiger partial charge in [0.05, 0.1) is 22.6 Å². The molecule has 0 saturated carbocycles. The van der Waals surface area contributed by atoms with Gasteiger partial charge >= 0.3 is 5.97 Å². The van der Waals surface area contributed by atoms with Crippen molar-refractivity contribution in [2.24, 2.45) is 21.7 Å². The number of aliphatic imine (C=N–C) groups is 1. The van der Waals surface area contributed by atoms with Gasteiger partial charge in [0.1, 0.15) is 11.9 Å². The van der Waals surface area contributed by atoms with Crippen LogP contribution in [0.3, 0.4) is 0 Å². The van der Waals surface area contributed by atoms with Crippen LogP contribution in [0.5, 0.6) is 5.75 Å². The van der Waals surface area contributed by atoms with E-state index >= 15 is 0 Å². The smallest absolute Gasteiger partial charge is 0.310 e. The number of carboxylic acid groups (broad SMARTS) is 1. The van der Waals surface area contributed by atoms with E-state index in [1.165, 1.54) is 11.3 Å². The number of carboxylic acids is 1. The number of carbonyl (C=O) groups is 1. The molecule has 3 heterocycles. The molecule has 2 N–H and O–H groups in total. The zero-order valence-corrected chi connectivity index (χ0v) is 32.6. The normalized spacial score (nSPS) is 21.0. The van der Waals surface area contributed by atoms with Crippen LogP contribution in [0.15, 0.2) is 65.7 Å². The third-order valence-corrected chi connectivity index (χ3v) is 12.2. The van der Waals surface area contributed by atoms with Gasteiger partial charge in [-0.1, -0.05) is 108 Å². The van der Waals surface area contributed by atoms with Crippen molar-refractivity contribution in [3.8, 4) is 27.4 Å². The number of anilines is 1. The number of hydrogen-bond donors (Lipinski definition) is 2. The first kappa shape index (κ1) is 38.7. The van der Waals surface area contributed by atoms with Crippen LogP contribution in [0, 0.1) is 16.7 Å². The van der Waals surface area contributed by atoms with Crippen molar-refractivity contribution in [2.75, 3.05) is 24.4 Å². The summed E-state index contributed by atoms with van der Waals surface area (Å²) >= 11 is 1.30. The number of aliphatic carboxylic acids is 1. The topological polar surface area (TPSA) is 121 Å². The van der Waals surface area contributed by atoms with Gasteiger partial charge in [0.15, 0.2) is 10.2 Å². The first-order chi connectivity index (χ1) is 24.2. The zero-order valence-electron chi connectivity index (χ0n) is 30.9. The number of fused-ring (bicyclic) bond motifs is 5. The number of hydrogen-bond acceptors (Lipinski definition) is 8. The quantitative estimate of drug-likeness (QED) is 0.225. The Morgan fingerprint density at radius 3 is 2.57 bits per heavy atom. The minimum absolute atomic E-state index is 0.0830. The molecule has 4 bridgehead atoms. The molecule has 0 amide bonds. The standard InChI is InChI=1S/C40H54N4O5S2/c1-7-22-40(6,37(45)46)27-44-24-13-9-8-10-15-29-16-11-12-19-32(29)34-35(30-17-14-18-31(26-30)49-25-23-39(3,4)5)50-38(42-34)43-51(47,48)33-21-20-28(2)36(44)41-33/h11-12,14,16-21,26,28,36H,7-10,13,15,22-25,27H2,1-6H3,(H,42,43)(H,45,46). The maximum Gasteiger partial charge on any atom is 0.310 e. The van der Waals surface area contributed by atoms with E-state index in [9.17, 15) is 18.3 Å². The average molecular weight is 735 g/mol. The number of aryl methyl sites for hydroxylation is 1. The summed E-state index contributed by atoms with van der Waals surface area (Å²) in [5.41, 5.74) is 2.95. The average Bonchev–Trinajstić information content (AvgIpc) is 3.48. The van der Waals surface area contributed by atoms with Crippen LogP contribution in [-0.4, -0.2) is 60.3 Å². The van der Waals surface area contributed by atoms with E-state index in [-0.39, 0.29) is 28.1 Å². The van der Waals surface area contributed by atoms with E-state index in [2.05, 4.69) is 42.5 Å². The van der Waals surface area contributed by atoms with Crippen LogP contribution in [0.25, 0.3) is 21.7 Å². The first-order valence-electron chi connectivity index (χ1n) is 18.3. The Morgan fingerprint density at radius 1 is 1.06 bits per heavy atom. The third-order valence-electron chi connectivity index (χ3n) is 9.77. The van der Waals surface area contributed by atoms with Gasteiger partial charge in [0.2, 0.25) is 0 Å². The van der Waals surface area contributed by atoms with Crippen molar-refractivity contribution in [1.82, 2.24) is 9.88 Å². The van der Waals surface area contributed by atoms with E-state index in [0.29, 0.717) is 19.6 Å². The summed E-state index contributed by atoms with van der Waals surface area (Å²) in [5.74, 6) is -0.192. The molecule has 276 valence electrons. The van der Waals surface area contributed by atoms with Gasteiger partial charge in [-0.2, -0.15) is 8.42 Å². The second-order valence-electron chi connectivity index (χ2n) is 15.5. The largest absolute Gasteiger partial charge is 0.494 e. The molecular formula is C40H54N4O5S2. The Morgan fingerprint density at radius 2 is 1.82 bits per heavy atom. The molecule has 1 aromatic heterocycles. The van der Waals surface area contributed by atoms with Crippen molar-refractivity contribution >= 4 is 37.5 Å². The van der Waals surface area contributed by atoms with Crippen molar-refractivity contribution in [1.29, 1.82) is 0 Å². The van der Waals surface area contributed by atoms with Gasteiger partial charge in [-0.3, -0.25) is 19.4 Å². The van der Waals surface area contributed by atoms with Gasteiger partial charge in [0, 0.05) is 24.6 Å². The Labute approximate surface area is 308 Å². The highest BCUT2D eigenvalue weighted by Crippen LogP contribution is 2.42. The molecule has 2 aromatic carbocycles. The van der Waals surface area contributed by atoms with Crippen LogP contribution in [-0.2, 0) is 21.2 Å². The SMILES string of the molecule is CCCC(C)(CN1CCCCCCc2ccccc2-c2nc(sc2-c2cccc(OCCC(C)(C)C)c2)NS(=O)(=O)C2=NC1C(C)C=C2)C(=O)O. The van der Waals surface area contributed by atoms with Gasteiger partial charge in [-0.05, 0) is 73.8 Å². The van der Waals surface area contributed by atoms with E-state index in [0.717, 1.165) is 78.0 Å². The Balaban J connectivity index is 1.55. The minimum atomic E-state index is -4.13. The molecule has 51 heavy (non-hydrogen) atoms. The summed E-state index contributed by atoms with van der Waals surface area (Å²) in [4.78, 5) is 25.2. The fourth-order valence-corrected chi connectivity index (χ4v) is 9.03. The number of nitrogens with zero attached hydrogens (tertiary/aromatic N) is 3. The maximum atomic E-state index is 14.1. The molecule has 0 aliphatic carbocycles. The second-order valence-corrected chi connectivity index (χ2v) is 18.1. The van der Waals surface area contributed by atoms with Crippen molar-refractivity contribution in [3.05, 3.63) is 66.2 Å². The number of ether oxygens (including phenoxy) is 1. The maximum absolute atomic E-state index is 14.1. The fraction of sp³-hybridized carbons (Fsp3) is 0.525. The number of sulfonamides is 1. The van der Waals surface area contributed by atoms with E-state index in [4.69, 9.17) is 14.7 Å². The molecule has 3 aromatic rings. The van der Waals surface area contributed by atoms with Gasteiger partial charge in [-0.25, -0.2) is 4.98 Å². The lowest BCUT2D eigenvalue weighted by molar-refractivity contribution is -0.150. The number of aromatic nitrogens is 1. The second kappa shape index (κ2) is 16.4. The fourth-order valence-electron chi connectivity index (χ4n) is 6.82. The number of nitrogens with one attached hydrogen (secondary N) is 1. The van der Waals surface area contributed by atoms with Crippen molar-refractivity contribution < 1.29 is 23.1 Å². The predicted molar refractivity (Wildman–Crippen MR) is 209 cm³/mol. The number of benzene rings is 2. The summed E-state index contributed by atoms with van der Waals surface area (Å²) in [6, 6.07) is 16.2. The highest BCUT2D eigenvalue weighted by atomic mass is 32.2. The zero-order chi connectivity index (χ0) is 36.8. The number of thiazole rings is 1. The van der Waals surface area contributed by atoms with E-state index in [1.54, 1.807) is 13.0 Å². The van der Waals surface area contributed by atoms with Crippen LogP contribution in [0.4, 0.5) is 5.13 Å². The van der Waals surface area contributed by atoms with E-state index in [1.807, 2.05) is 56.3 Å². The van der Waals surface area contributed by atoms with Gasteiger partial charge in [0.25, 0.3) is 10.0 Å².